The Morgan fingerprint density at radius 1 is 1.24 bits per heavy atom. The van der Waals surface area contributed by atoms with E-state index in [4.69, 9.17) is 5.11 Å². The van der Waals surface area contributed by atoms with Crippen molar-refractivity contribution in [3.8, 4) is 0 Å². The van der Waals surface area contributed by atoms with Crippen molar-refractivity contribution in [3.05, 3.63) is 52.2 Å². The number of thiophene rings is 1. The van der Waals surface area contributed by atoms with Crippen LogP contribution in [0, 0.1) is 0 Å². The molecule has 0 spiro atoms. The van der Waals surface area contributed by atoms with Crippen LogP contribution in [-0.2, 0) is 6.42 Å². The Bertz CT molecular complexity index is 436. The molecule has 0 bridgehead atoms. The Balaban J connectivity index is 1.99. The van der Waals surface area contributed by atoms with Gasteiger partial charge in [0.2, 0.25) is 0 Å². The number of anilines is 1. The molecule has 17 heavy (non-hydrogen) atoms. The lowest BCUT2D eigenvalue weighted by Crippen LogP contribution is -2.04. The second-order valence-electron chi connectivity index (χ2n) is 4.05. The molecular weight excluding hydrogens is 230 g/mol. The van der Waals surface area contributed by atoms with E-state index in [0.717, 1.165) is 12.1 Å². The minimum atomic E-state index is 0.207. The van der Waals surface area contributed by atoms with Crippen LogP contribution in [0.15, 0.2) is 41.8 Å². The summed E-state index contributed by atoms with van der Waals surface area (Å²) in [5, 5.41) is 14.4. The fraction of sp³-hybridized carbons (Fsp3) is 0.286. The number of hydrogen-bond donors (Lipinski definition) is 2. The summed E-state index contributed by atoms with van der Waals surface area (Å²) in [4.78, 5) is 1.34. The molecular formula is C14H17NOS. The third kappa shape index (κ3) is 3.32. The molecule has 2 rings (SSSR count). The van der Waals surface area contributed by atoms with E-state index < -0.39 is 0 Å². The highest BCUT2D eigenvalue weighted by atomic mass is 32.1. The summed E-state index contributed by atoms with van der Waals surface area (Å²) in [5.41, 5.74) is 2.29. The largest absolute Gasteiger partial charge is 0.396 e. The van der Waals surface area contributed by atoms with Crippen molar-refractivity contribution in [2.75, 3.05) is 11.9 Å². The molecule has 90 valence electrons. The lowest BCUT2D eigenvalue weighted by Gasteiger charge is -2.14. The molecule has 1 atom stereocenters. The summed E-state index contributed by atoms with van der Waals surface area (Å²) >= 11 is 1.77. The van der Waals surface area contributed by atoms with Gasteiger partial charge in [-0.2, -0.15) is 0 Å². The van der Waals surface area contributed by atoms with Crippen molar-refractivity contribution in [1.82, 2.24) is 0 Å². The molecule has 1 heterocycles. The van der Waals surface area contributed by atoms with Gasteiger partial charge in [0.1, 0.15) is 0 Å². The smallest absolute Gasteiger partial charge is 0.0578 e. The SMILES string of the molecule is CC(Nc1ccc(CCO)cc1)c1cccs1. The van der Waals surface area contributed by atoms with Crippen LogP contribution >= 0.6 is 11.3 Å². The molecule has 0 aliphatic carbocycles. The van der Waals surface area contributed by atoms with Gasteiger partial charge in [-0.3, -0.25) is 0 Å². The quantitative estimate of drug-likeness (QED) is 0.848. The van der Waals surface area contributed by atoms with Crippen LogP contribution in [0.2, 0.25) is 0 Å². The van der Waals surface area contributed by atoms with E-state index >= 15 is 0 Å². The van der Waals surface area contributed by atoms with E-state index in [1.807, 2.05) is 0 Å². The van der Waals surface area contributed by atoms with Crippen LogP contribution in [0.4, 0.5) is 5.69 Å². The maximum absolute atomic E-state index is 8.85. The number of rotatable bonds is 5. The molecule has 1 unspecified atom stereocenters. The standard InChI is InChI=1S/C14H17NOS/c1-11(14-3-2-10-17-14)15-13-6-4-12(5-7-13)8-9-16/h2-7,10-11,15-16H,8-9H2,1H3. The van der Waals surface area contributed by atoms with Gasteiger partial charge in [0, 0.05) is 17.2 Å². The zero-order valence-corrected chi connectivity index (χ0v) is 10.7. The third-order valence-electron chi connectivity index (χ3n) is 2.71. The van der Waals surface area contributed by atoms with Crippen molar-refractivity contribution in [1.29, 1.82) is 0 Å². The molecule has 0 amide bonds. The molecule has 2 N–H and O–H groups in total. The molecule has 1 aromatic carbocycles. The van der Waals surface area contributed by atoms with Crippen molar-refractivity contribution in [2.24, 2.45) is 0 Å². The van der Waals surface area contributed by atoms with E-state index in [0.29, 0.717) is 6.04 Å². The van der Waals surface area contributed by atoms with Crippen molar-refractivity contribution < 1.29 is 5.11 Å². The summed E-state index contributed by atoms with van der Waals surface area (Å²) in [7, 11) is 0. The highest BCUT2D eigenvalue weighted by Crippen LogP contribution is 2.23. The third-order valence-corrected chi connectivity index (χ3v) is 3.76. The summed E-state index contributed by atoms with van der Waals surface area (Å²) in [6.07, 6.45) is 0.723. The van der Waals surface area contributed by atoms with Gasteiger partial charge in [-0.15, -0.1) is 11.3 Å². The van der Waals surface area contributed by atoms with Crippen LogP contribution in [-0.4, -0.2) is 11.7 Å². The van der Waals surface area contributed by atoms with Gasteiger partial charge in [-0.25, -0.2) is 0 Å². The lowest BCUT2D eigenvalue weighted by atomic mass is 10.1. The van der Waals surface area contributed by atoms with Gasteiger partial charge in [0.05, 0.1) is 6.04 Å². The molecule has 0 aliphatic heterocycles. The maximum atomic E-state index is 8.85. The number of benzene rings is 1. The Kier molecular flexibility index (Phi) is 4.18. The van der Waals surface area contributed by atoms with E-state index in [-0.39, 0.29) is 6.61 Å². The van der Waals surface area contributed by atoms with Gasteiger partial charge < -0.3 is 10.4 Å². The van der Waals surface area contributed by atoms with Gasteiger partial charge in [0.25, 0.3) is 0 Å². The molecule has 0 aliphatic rings. The fourth-order valence-corrected chi connectivity index (χ4v) is 2.49. The summed E-state index contributed by atoms with van der Waals surface area (Å²) < 4.78 is 0. The van der Waals surface area contributed by atoms with E-state index in [1.54, 1.807) is 11.3 Å². The first-order valence-corrected chi connectivity index (χ1v) is 6.67. The lowest BCUT2D eigenvalue weighted by molar-refractivity contribution is 0.299. The molecule has 3 heteroatoms. The second-order valence-corrected chi connectivity index (χ2v) is 5.03. The van der Waals surface area contributed by atoms with Crippen LogP contribution in [0.5, 0.6) is 0 Å². The predicted molar refractivity (Wildman–Crippen MR) is 73.6 cm³/mol. The molecule has 0 radical (unpaired) electrons. The van der Waals surface area contributed by atoms with Gasteiger partial charge >= 0.3 is 0 Å². The highest BCUT2D eigenvalue weighted by molar-refractivity contribution is 7.10. The zero-order valence-electron chi connectivity index (χ0n) is 9.89. The average molecular weight is 247 g/mol. The number of nitrogens with one attached hydrogen (secondary N) is 1. The van der Waals surface area contributed by atoms with Crippen molar-refractivity contribution in [2.45, 2.75) is 19.4 Å². The summed E-state index contributed by atoms with van der Waals surface area (Å²) in [5.74, 6) is 0. The van der Waals surface area contributed by atoms with Crippen LogP contribution < -0.4 is 5.32 Å². The maximum Gasteiger partial charge on any atom is 0.0578 e. The topological polar surface area (TPSA) is 32.3 Å². The predicted octanol–water partition coefficient (Wildman–Crippen LogP) is 3.46. The molecule has 0 fully saturated rings. The van der Waals surface area contributed by atoms with Gasteiger partial charge in [-0.1, -0.05) is 18.2 Å². The van der Waals surface area contributed by atoms with Crippen molar-refractivity contribution in [3.63, 3.8) is 0 Å². The summed E-state index contributed by atoms with van der Waals surface area (Å²) in [6.45, 7) is 2.37. The number of aliphatic hydroxyl groups excluding tert-OH is 1. The monoisotopic (exact) mass is 247 g/mol. The molecule has 0 saturated heterocycles. The van der Waals surface area contributed by atoms with Crippen molar-refractivity contribution >= 4 is 17.0 Å². The van der Waals surface area contributed by atoms with E-state index in [1.165, 1.54) is 10.4 Å². The Morgan fingerprint density at radius 3 is 2.59 bits per heavy atom. The zero-order chi connectivity index (χ0) is 12.1. The van der Waals surface area contributed by atoms with Crippen LogP contribution in [0.3, 0.4) is 0 Å². The number of hydrogen-bond acceptors (Lipinski definition) is 3. The van der Waals surface area contributed by atoms with Gasteiger partial charge in [-0.05, 0) is 42.5 Å². The highest BCUT2D eigenvalue weighted by Gasteiger charge is 2.05. The number of aliphatic hydroxyl groups is 1. The average Bonchev–Trinajstić information content (AvgIpc) is 2.86. The van der Waals surface area contributed by atoms with Crippen LogP contribution in [0.25, 0.3) is 0 Å². The summed E-state index contributed by atoms with van der Waals surface area (Å²) in [6, 6.07) is 12.8. The molecule has 1 aromatic heterocycles. The van der Waals surface area contributed by atoms with Crippen LogP contribution in [0.1, 0.15) is 23.4 Å². The molecule has 0 saturated carbocycles. The Morgan fingerprint density at radius 2 is 2.00 bits per heavy atom. The Hall–Kier alpha value is -1.32. The normalized spacial score (nSPS) is 12.4. The molecule has 2 nitrogen and oxygen atoms in total. The first-order valence-electron chi connectivity index (χ1n) is 5.79. The first kappa shape index (κ1) is 12.1. The molecule has 2 aromatic rings. The van der Waals surface area contributed by atoms with Gasteiger partial charge in [0.15, 0.2) is 0 Å². The minimum Gasteiger partial charge on any atom is -0.396 e. The minimum absolute atomic E-state index is 0.207. The first-order chi connectivity index (χ1) is 8.29. The second kappa shape index (κ2) is 5.84. The van der Waals surface area contributed by atoms with E-state index in [9.17, 15) is 0 Å². The van der Waals surface area contributed by atoms with E-state index in [2.05, 4.69) is 54.0 Å². The fourth-order valence-electron chi connectivity index (χ4n) is 1.76. The Labute approximate surface area is 106 Å².